The highest BCUT2D eigenvalue weighted by atomic mass is 35.5. The standard InChI is InChI=1S/C10H13ClN2O3/c1-13(5-6-16-2)8-4-3-7(11)9(12-8)10(14)15/h3-4H,5-6H2,1-2H3,(H,14,15). The van der Waals surface area contributed by atoms with E-state index in [1.807, 2.05) is 0 Å². The molecule has 0 saturated carbocycles. The van der Waals surface area contributed by atoms with Gasteiger partial charge in [-0.2, -0.15) is 0 Å². The van der Waals surface area contributed by atoms with Gasteiger partial charge >= 0.3 is 5.97 Å². The molecule has 0 saturated heterocycles. The molecule has 5 nitrogen and oxygen atoms in total. The van der Waals surface area contributed by atoms with Gasteiger partial charge in [0.25, 0.3) is 0 Å². The van der Waals surface area contributed by atoms with Crippen molar-refractivity contribution in [2.24, 2.45) is 0 Å². The van der Waals surface area contributed by atoms with Crippen LogP contribution in [0.1, 0.15) is 10.5 Å². The molecule has 0 amide bonds. The molecule has 0 aromatic carbocycles. The quantitative estimate of drug-likeness (QED) is 0.851. The molecule has 16 heavy (non-hydrogen) atoms. The highest BCUT2D eigenvalue weighted by Crippen LogP contribution is 2.18. The molecule has 1 aromatic rings. The van der Waals surface area contributed by atoms with E-state index in [0.29, 0.717) is 19.0 Å². The number of hydrogen-bond acceptors (Lipinski definition) is 4. The van der Waals surface area contributed by atoms with Gasteiger partial charge in [-0.25, -0.2) is 9.78 Å². The average molecular weight is 245 g/mol. The topological polar surface area (TPSA) is 62.7 Å². The number of anilines is 1. The number of carbonyl (C=O) groups is 1. The molecule has 0 aliphatic heterocycles. The van der Waals surface area contributed by atoms with Crippen molar-refractivity contribution in [1.82, 2.24) is 4.98 Å². The third kappa shape index (κ3) is 3.08. The van der Waals surface area contributed by atoms with Crippen molar-refractivity contribution in [3.63, 3.8) is 0 Å². The molecule has 6 heteroatoms. The Hall–Kier alpha value is -1.33. The predicted molar refractivity (Wildman–Crippen MR) is 61.4 cm³/mol. The lowest BCUT2D eigenvalue weighted by atomic mass is 10.3. The first-order chi connectivity index (χ1) is 7.56. The number of aromatic nitrogens is 1. The maximum absolute atomic E-state index is 10.8. The maximum atomic E-state index is 10.8. The van der Waals surface area contributed by atoms with Crippen LogP contribution >= 0.6 is 11.6 Å². The molecule has 0 unspecified atom stereocenters. The summed E-state index contributed by atoms with van der Waals surface area (Å²) in [6.07, 6.45) is 0. The van der Waals surface area contributed by atoms with E-state index in [-0.39, 0.29) is 10.7 Å². The number of aromatic carboxylic acids is 1. The highest BCUT2D eigenvalue weighted by molar-refractivity contribution is 6.33. The fraction of sp³-hybridized carbons (Fsp3) is 0.400. The summed E-state index contributed by atoms with van der Waals surface area (Å²) in [4.78, 5) is 16.6. The third-order valence-corrected chi connectivity index (χ3v) is 2.36. The van der Waals surface area contributed by atoms with Crippen molar-refractivity contribution < 1.29 is 14.6 Å². The number of carboxylic acid groups (broad SMARTS) is 1. The number of halogens is 1. The minimum atomic E-state index is -1.13. The molecule has 0 spiro atoms. The van der Waals surface area contributed by atoms with Crippen LogP contribution in [0, 0.1) is 0 Å². The number of methoxy groups -OCH3 is 1. The molecule has 0 fully saturated rings. The van der Waals surface area contributed by atoms with Crippen LogP contribution in [-0.4, -0.2) is 43.4 Å². The first kappa shape index (κ1) is 12.7. The van der Waals surface area contributed by atoms with Gasteiger partial charge in [-0.3, -0.25) is 0 Å². The van der Waals surface area contributed by atoms with E-state index in [9.17, 15) is 4.79 Å². The molecule has 1 N–H and O–H groups in total. The SMILES string of the molecule is COCCN(C)c1ccc(Cl)c(C(=O)O)n1. The smallest absolute Gasteiger partial charge is 0.356 e. The van der Waals surface area contributed by atoms with Gasteiger partial charge in [0.15, 0.2) is 5.69 Å². The summed E-state index contributed by atoms with van der Waals surface area (Å²) in [5.74, 6) is -0.578. The Labute approximate surface area is 98.6 Å². The van der Waals surface area contributed by atoms with Crippen LogP contribution in [0.25, 0.3) is 0 Å². The van der Waals surface area contributed by atoms with E-state index < -0.39 is 5.97 Å². The lowest BCUT2D eigenvalue weighted by Gasteiger charge is -2.17. The molecule has 0 radical (unpaired) electrons. The second kappa shape index (κ2) is 5.67. The van der Waals surface area contributed by atoms with Gasteiger partial charge in [0, 0.05) is 20.7 Å². The second-order valence-corrected chi connectivity index (χ2v) is 3.63. The van der Waals surface area contributed by atoms with Crippen molar-refractivity contribution in [3.05, 3.63) is 22.8 Å². The van der Waals surface area contributed by atoms with Gasteiger partial charge < -0.3 is 14.7 Å². The van der Waals surface area contributed by atoms with Crippen molar-refractivity contribution in [3.8, 4) is 0 Å². The van der Waals surface area contributed by atoms with Gasteiger partial charge in [-0.05, 0) is 12.1 Å². The summed E-state index contributed by atoms with van der Waals surface area (Å²) in [6.45, 7) is 1.17. The molecule has 0 bridgehead atoms. The van der Waals surface area contributed by atoms with Crippen molar-refractivity contribution in [2.75, 3.05) is 32.2 Å². The molecule has 88 valence electrons. The molecule has 1 rings (SSSR count). The van der Waals surface area contributed by atoms with E-state index in [0.717, 1.165) is 0 Å². The van der Waals surface area contributed by atoms with E-state index in [1.54, 1.807) is 25.1 Å². The summed E-state index contributed by atoms with van der Waals surface area (Å²) in [5.41, 5.74) is -0.136. The number of nitrogens with zero attached hydrogens (tertiary/aromatic N) is 2. The number of ether oxygens (including phenoxy) is 1. The van der Waals surface area contributed by atoms with Crippen molar-refractivity contribution in [1.29, 1.82) is 0 Å². The second-order valence-electron chi connectivity index (χ2n) is 3.22. The van der Waals surface area contributed by atoms with Crippen LogP contribution in [0.2, 0.25) is 5.02 Å². The lowest BCUT2D eigenvalue weighted by Crippen LogP contribution is -2.23. The number of carboxylic acids is 1. The fourth-order valence-corrected chi connectivity index (χ4v) is 1.32. The Morgan fingerprint density at radius 1 is 1.62 bits per heavy atom. The Bertz CT molecular complexity index is 384. The molecule has 1 aromatic heterocycles. The minimum absolute atomic E-state index is 0.136. The fourth-order valence-electron chi connectivity index (χ4n) is 1.14. The summed E-state index contributed by atoms with van der Waals surface area (Å²) in [6, 6.07) is 3.20. The van der Waals surface area contributed by atoms with Gasteiger partial charge in [0.2, 0.25) is 0 Å². The summed E-state index contributed by atoms with van der Waals surface area (Å²) < 4.78 is 4.92. The van der Waals surface area contributed by atoms with Crippen LogP contribution in [0.15, 0.2) is 12.1 Å². The highest BCUT2D eigenvalue weighted by Gasteiger charge is 2.12. The van der Waals surface area contributed by atoms with Crippen LogP contribution in [0.4, 0.5) is 5.82 Å². The number of pyridine rings is 1. The zero-order chi connectivity index (χ0) is 12.1. The van der Waals surface area contributed by atoms with Gasteiger partial charge in [-0.1, -0.05) is 11.6 Å². The molecule has 0 aliphatic rings. The zero-order valence-corrected chi connectivity index (χ0v) is 9.86. The Morgan fingerprint density at radius 3 is 2.88 bits per heavy atom. The Balaban J connectivity index is 2.89. The van der Waals surface area contributed by atoms with Crippen molar-refractivity contribution >= 4 is 23.4 Å². The van der Waals surface area contributed by atoms with E-state index in [1.165, 1.54) is 6.07 Å². The Kier molecular flexibility index (Phi) is 4.52. The normalized spacial score (nSPS) is 10.2. The minimum Gasteiger partial charge on any atom is -0.476 e. The van der Waals surface area contributed by atoms with Crippen LogP contribution in [0.5, 0.6) is 0 Å². The van der Waals surface area contributed by atoms with Gasteiger partial charge in [0.1, 0.15) is 5.82 Å². The monoisotopic (exact) mass is 244 g/mol. The lowest BCUT2D eigenvalue weighted by molar-refractivity contribution is 0.0691. The van der Waals surface area contributed by atoms with E-state index in [2.05, 4.69) is 4.98 Å². The molecular formula is C10H13ClN2O3. The summed E-state index contributed by atoms with van der Waals surface area (Å²) in [5, 5.41) is 8.99. The number of likely N-dealkylation sites (N-methyl/N-ethyl adjacent to an activating group) is 1. The van der Waals surface area contributed by atoms with Crippen LogP contribution in [0.3, 0.4) is 0 Å². The van der Waals surface area contributed by atoms with Crippen LogP contribution < -0.4 is 4.90 Å². The number of rotatable bonds is 5. The van der Waals surface area contributed by atoms with Crippen LogP contribution in [-0.2, 0) is 4.74 Å². The summed E-state index contributed by atoms with van der Waals surface area (Å²) >= 11 is 5.71. The molecular weight excluding hydrogens is 232 g/mol. The van der Waals surface area contributed by atoms with Crippen molar-refractivity contribution in [2.45, 2.75) is 0 Å². The zero-order valence-electron chi connectivity index (χ0n) is 9.11. The first-order valence-corrected chi connectivity index (χ1v) is 5.04. The molecule has 0 aliphatic carbocycles. The number of hydrogen-bond donors (Lipinski definition) is 1. The van der Waals surface area contributed by atoms with Gasteiger partial charge in [-0.15, -0.1) is 0 Å². The predicted octanol–water partition coefficient (Wildman–Crippen LogP) is 1.52. The maximum Gasteiger partial charge on any atom is 0.356 e. The largest absolute Gasteiger partial charge is 0.476 e. The van der Waals surface area contributed by atoms with E-state index >= 15 is 0 Å². The molecule has 0 atom stereocenters. The third-order valence-electron chi connectivity index (χ3n) is 2.06. The molecule has 1 heterocycles. The summed E-state index contributed by atoms with van der Waals surface area (Å²) in [7, 11) is 3.41. The Morgan fingerprint density at radius 2 is 2.31 bits per heavy atom. The van der Waals surface area contributed by atoms with Gasteiger partial charge in [0.05, 0.1) is 11.6 Å². The first-order valence-electron chi connectivity index (χ1n) is 4.66. The average Bonchev–Trinajstić information content (AvgIpc) is 2.26. The van der Waals surface area contributed by atoms with E-state index in [4.69, 9.17) is 21.4 Å².